The van der Waals surface area contributed by atoms with Crippen molar-refractivity contribution in [2.45, 2.75) is 26.3 Å². The third kappa shape index (κ3) is 3.76. The summed E-state index contributed by atoms with van der Waals surface area (Å²) in [7, 11) is 0. The van der Waals surface area contributed by atoms with Gasteiger partial charge in [0.1, 0.15) is 5.76 Å². The van der Waals surface area contributed by atoms with Crippen molar-refractivity contribution in [3.63, 3.8) is 0 Å². The Hall–Kier alpha value is -1.78. The molecular formula is C11H15NO4. The Morgan fingerprint density at radius 2 is 2.31 bits per heavy atom. The lowest BCUT2D eigenvalue weighted by molar-refractivity contribution is -0.144. The molecule has 0 aliphatic heterocycles. The quantitative estimate of drug-likeness (QED) is 0.766. The second-order valence-corrected chi connectivity index (χ2v) is 3.50. The number of rotatable bonds is 6. The maximum atomic E-state index is 11.4. The fourth-order valence-corrected chi connectivity index (χ4v) is 1.30. The SMILES string of the molecule is CCC(CC(=O)NCc1ccco1)C(=O)O. The van der Waals surface area contributed by atoms with E-state index < -0.39 is 11.9 Å². The molecule has 0 aromatic carbocycles. The smallest absolute Gasteiger partial charge is 0.307 e. The van der Waals surface area contributed by atoms with E-state index in [0.29, 0.717) is 18.7 Å². The summed E-state index contributed by atoms with van der Waals surface area (Å²) in [5.74, 6) is -1.17. The third-order valence-electron chi connectivity index (χ3n) is 2.31. The van der Waals surface area contributed by atoms with Crippen LogP contribution in [0.25, 0.3) is 0 Å². The molecule has 16 heavy (non-hydrogen) atoms. The lowest BCUT2D eigenvalue weighted by Gasteiger charge is -2.09. The summed E-state index contributed by atoms with van der Waals surface area (Å²) in [5.41, 5.74) is 0. The minimum Gasteiger partial charge on any atom is -0.481 e. The summed E-state index contributed by atoms with van der Waals surface area (Å²) >= 11 is 0. The molecule has 0 bridgehead atoms. The molecule has 2 N–H and O–H groups in total. The van der Waals surface area contributed by atoms with Crippen molar-refractivity contribution in [2.24, 2.45) is 5.92 Å². The largest absolute Gasteiger partial charge is 0.481 e. The zero-order chi connectivity index (χ0) is 12.0. The van der Waals surface area contributed by atoms with Gasteiger partial charge in [-0.1, -0.05) is 6.92 Å². The van der Waals surface area contributed by atoms with Gasteiger partial charge in [-0.05, 0) is 18.6 Å². The first-order valence-electron chi connectivity index (χ1n) is 5.15. The predicted molar refractivity (Wildman–Crippen MR) is 56.6 cm³/mol. The van der Waals surface area contributed by atoms with Crippen molar-refractivity contribution in [1.29, 1.82) is 0 Å². The van der Waals surface area contributed by atoms with Gasteiger partial charge < -0.3 is 14.8 Å². The molecule has 1 rings (SSSR count). The van der Waals surface area contributed by atoms with E-state index in [0.717, 1.165) is 0 Å². The lowest BCUT2D eigenvalue weighted by Crippen LogP contribution is -2.27. The summed E-state index contributed by atoms with van der Waals surface area (Å²) in [6.45, 7) is 2.04. The van der Waals surface area contributed by atoms with Gasteiger partial charge in [0, 0.05) is 6.42 Å². The van der Waals surface area contributed by atoms with E-state index in [9.17, 15) is 9.59 Å². The molecule has 0 fully saturated rings. The molecule has 0 saturated heterocycles. The number of hydrogen-bond donors (Lipinski definition) is 2. The molecule has 1 unspecified atom stereocenters. The van der Waals surface area contributed by atoms with E-state index in [4.69, 9.17) is 9.52 Å². The number of carboxylic acid groups (broad SMARTS) is 1. The molecule has 5 nitrogen and oxygen atoms in total. The van der Waals surface area contributed by atoms with Crippen LogP contribution in [0.4, 0.5) is 0 Å². The number of carbonyl (C=O) groups is 2. The molecule has 1 atom stereocenters. The molecule has 1 amide bonds. The molecule has 1 aromatic heterocycles. The number of carbonyl (C=O) groups excluding carboxylic acids is 1. The van der Waals surface area contributed by atoms with Crippen LogP contribution in [0.1, 0.15) is 25.5 Å². The van der Waals surface area contributed by atoms with Gasteiger partial charge in [-0.2, -0.15) is 0 Å². The van der Waals surface area contributed by atoms with Crippen molar-refractivity contribution >= 4 is 11.9 Å². The van der Waals surface area contributed by atoms with Gasteiger partial charge in [-0.3, -0.25) is 9.59 Å². The minimum absolute atomic E-state index is 0.00649. The summed E-state index contributed by atoms with van der Waals surface area (Å²) in [5, 5.41) is 11.4. The summed E-state index contributed by atoms with van der Waals surface area (Å²) in [6, 6.07) is 3.47. The summed E-state index contributed by atoms with van der Waals surface area (Å²) in [4.78, 5) is 22.1. The molecule has 0 radical (unpaired) electrons. The number of nitrogens with one attached hydrogen (secondary N) is 1. The fraction of sp³-hybridized carbons (Fsp3) is 0.455. The van der Waals surface area contributed by atoms with E-state index >= 15 is 0 Å². The summed E-state index contributed by atoms with van der Waals surface area (Å²) < 4.78 is 5.03. The van der Waals surface area contributed by atoms with E-state index in [1.54, 1.807) is 19.1 Å². The molecule has 88 valence electrons. The molecule has 0 aliphatic rings. The highest BCUT2D eigenvalue weighted by atomic mass is 16.4. The highest BCUT2D eigenvalue weighted by Gasteiger charge is 2.18. The Labute approximate surface area is 93.4 Å². The predicted octanol–water partition coefficient (Wildman–Crippen LogP) is 1.40. The maximum Gasteiger partial charge on any atom is 0.307 e. The second kappa shape index (κ2) is 5.95. The van der Waals surface area contributed by atoms with Crippen molar-refractivity contribution in [2.75, 3.05) is 0 Å². The fourth-order valence-electron chi connectivity index (χ4n) is 1.30. The van der Waals surface area contributed by atoms with Crippen LogP contribution in [0.5, 0.6) is 0 Å². The van der Waals surface area contributed by atoms with Gasteiger partial charge in [0.05, 0.1) is 18.7 Å². The number of furan rings is 1. The lowest BCUT2D eigenvalue weighted by atomic mass is 10.0. The van der Waals surface area contributed by atoms with Gasteiger partial charge in [0.2, 0.25) is 5.91 Å². The van der Waals surface area contributed by atoms with Gasteiger partial charge in [0.15, 0.2) is 0 Å². The first-order valence-corrected chi connectivity index (χ1v) is 5.15. The Morgan fingerprint density at radius 3 is 2.81 bits per heavy atom. The molecule has 1 heterocycles. The Kier molecular flexibility index (Phi) is 4.57. The van der Waals surface area contributed by atoms with Crippen LogP contribution in [0, 0.1) is 5.92 Å². The standard InChI is InChI=1S/C11H15NO4/c1-2-8(11(14)15)6-10(13)12-7-9-4-3-5-16-9/h3-5,8H,2,6-7H2,1H3,(H,12,13)(H,14,15). The van der Waals surface area contributed by atoms with E-state index in [1.807, 2.05) is 0 Å². The molecule has 0 aliphatic carbocycles. The van der Waals surface area contributed by atoms with Gasteiger partial charge in [-0.25, -0.2) is 0 Å². The number of aliphatic carboxylic acids is 1. The summed E-state index contributed by atoms with van der Waals surface area (Å²) in [6.07, 6.45) is 1.98. The van der Waals surface area contributed by atoms with Crippen molar-refractivity contribution in [1.82, 2.24) is 5.32 Å². The highest BCUT2D eigenvalue weighted by Crippen LogP contribution is 2.08. The number of carboxylic acids is 1. The Morgan fingerprint density at radius 1 is 1.56 bits per heavy atom. The van der Waals surface area contributed by atoms with Crippen LogP contribution in [-0.4, -0.2) is 17.0 Å². The van der Waals surface area contributed by atoms with Crippen LogP contribution in [-0.2, 0) is 16.1 Å². The Bertz CT molecular complexity index is 345. The van der Waals surface area contributed by atoms with Crippen LogP contribution in [0.2, 0.25) is 0 Å². The first-order chi connectivity index (χ1) is 7.63. The molecule has 1 aromatic rings. The van der Waals surface area contributed by atoms with E-state index in [2.05, 4.69) is 5.32 Å². The third-order valence-corrected chi connectivity index (χ3v) is 2.31. The maximum absolute atomic E-state index is 11.4. The van der Waals surface area contributed by atoms with Gasteiger partial charge in [-0.15, -0.1) is 0 Å². The normalized spacial score (nSPS) is 12.1. The van der Waals surface area contributed by atoms with Crippen LogP contribution in [0.3, 0.4) is 0 Å². The van der Waals surface area contributed by atoms with Gasteiger partial charge >= 0.3 is 5.97 Å². The number of amides is 1. The van der Waals surface area contributed by atoms with Crippen molar-refractivity contribution in [3.05, 3.63) is 24.2 Å². The molecule has 5 heteroatoms. The van der Waals surface area contributed by atoms with Gasteiger partial charge in [0.25, 0.3) is 0 Å². The molecule has 0 saturated carbocycles. The minimum atomic E-state index is -0.935. The monoisotopic (exact) mass is 225 g/mol. The average Bonchev–Trinajstić information content (AvgIpc) is 2.75. The number of hydrogen-bond acceptors (Lipinski definition) is 3. The average molecular weight is 225 g/mol. The highest BCUT2D eigenvalue weighted by molar-refractivity contribution is 5.82. The van der Waals surface area contributed by atoms with Crippen LogP contribution < -0.4 is 5.32 Å². The Balaban J connectivity index is 2.33. The zero-order valence-electron chi connectivity index (χ0n) is 9.10. The van der Waals surface area contributed by atoms with Crippen LogP contribution in [0.15, 0.2) is 22.8 Å². The second-order valence-electron chi connectivity index (χ2n) is 3.50. The van der Waals surface area contributed by atoms with Crippen LogP contribution >= 0.6 is 0 Å². The van der Waals surface area contributed by atoms with Crippen molar-refractivity contribution in [3.8, 4) is 0 Å². The topological polar surface area (TPSA) is 79.5 Å². The molecule has 0 spiro atoms. The van der Waals surface area contributed by atoms with E-state index in [-0.39, 0.29) is 12.3 Å². The first kappa shape index (κ1) is 12.3. The van der Waals surface area contributed by atoms with E-state index in [1.165, 1.54) is 6.26 Å². The van der Waals surface area contributed by atoms with Crippen molar-refractivity contribution < 1.29 is 19.1 Å². The zero-order valence-corrected chi connectivity index (χ0v) is 9.10. The molecular weight excluding hydrogens is 210 g/mol.